The number of esters is 2. The Morgan fingerprint density at radius 1 is 0.783 bits per heavy atom. The van der Waals surface area contributed by atoms with E-state index in [-0.39, 0.29) is 11.3 Å². The van der Waals surface area contributed by atoms with Crippen LogP contribution in [0.3, 0.4) is 0 Å². The van der Waals surface area contributed by atoms with E-state index in [1.54, 1.807) is 0 Å². The van der Waals surface area contributed by atoms with Crippen molar-refractivity contribution >= 4 is 11.9 Å². The summed E-state index contributed by atoms with van der Waals surface area (Å²) in [6.07, 6.45) is 12.2. The lowest BCUT2D eigenvalue weighted by atomic mass is 10.1. The molecule has 0 saturated heterocycles. The molecule has 0 fully saturated rings. The molecular formula is C19H32O4. The summed E-state index contributed by atoms with van der Waals surface area (Å²) in [7, 11) is 0. The molecule has 0 rings (SSSR count). The van der Waals surface area contributed by atoms with Gasteiger partial charge in [-0.2, -0.15) is 0 Å². The van der Waals surface area contributed by atoms with Crippen LogP contribution in [-0.4, -0.2) is 18.5 Å². The fraction of sp³-hybridized carbons (Fsp3) is 0.684. The topological polar surface area (TPSA) is 52.6 Å². The van der Waals surface area contributed by atoms with Gasteiger partial charge in [0.15, 0.2) is 0 Å². The van der Waals surface area contributed by atoms with Crippen LogP contribution in [0.25, 0.3) is 0 Å². The molecule has 4 heteroatoms. The highest BCUT2D eigenvalue weighted by molar-refractivity contribution is 5.93. The highest BCUT2D eigenvalue weighted by Crippen LogP contribution is 2.11. The fourth-order valence-corrected chi connectivity index (χ4v) is 2.08. The Morgan fingerprint density at radius 2 is 1.26 bits per heavy atom. The van der Waals surface area contributed by atoms with Crippen LogP contribution in [-0.2, 0) is 19.1 Å². The molecule has 0 bridgehead atoms. The molecule has 0 aromatic rings. The van der Waals surface area contributed by atoms with Crippen LogP contribution in [0.15, 0.2) is 24.5 Å². The first-order valence-corrected chi connectivity index (χ1v) is 8.72. The van der Waals surface area contributed by atoms with Gasteiger partial charge in [0.2, 0.25) is 5.76 Å². The van der Waals surface area contributed by atoms with Crippen LogP contribution >= 0.6 is 0 Å². The molecule has 0 saturated carbocycles. The van der Waals surface area contributed by atoms with Crippen molar-refractivity contribution in [3.8, 4) is 0 Å². The van der Waals surface area contributed by atoms with E-state index in [1.807, 2.05) is 0 Å². The summed E-state index contributed by atoms with van der Waals surface area (Å²) in [5.74, 6) is -1.63. The number of carbonyl (C=O) groups is 2. The number of ether oxygens (including phenoxy) is 2. The largest absolute Gasteiger partial charge is 0.460 e. The van der Waals surface area contributed by atoms with Crippen molar-refractivity contribution in [2.75, 3.05) is 6.61 Å². The van der Waals surface area contributed by atoms with Gasteiger partial charge in [0, 0.05) is 5.57 Å². The van der Waals surface area contributed by atoms with E-state index in [4.69, 9.17) is 9.47 Å². The zero-order chi connectivity index (χ0) is 17.5. The van der Waals surface area contributed by atoms with E-state index in [2.05, 4.69) is 20.1 Å². The third-order valence-corrected chi connectivity index (χ3v) is 3.52. The second-order valence-electron chi connectivity index (χ2n) is 5.91. The summed E-state index contributed by atoms with van der Waals surface area (Å²) in [4.78, 5) is 22.8. The molecule has 23 heavy (non-hydrogen) atoms. The first-order valence-electron chi connectivity index (χ1n) is 8.72. The van der Waals surface area contributed by atoms with Crippen molar-refractivity contribution in [1.82, 2.24) is 0 Å². The fourth-order valence-electron chi connectivity index (χ4n) is 2.08. The Bertz CT molecular complexity index is 385. The van der Waals surface area contributed by atoms with Gasteiger partial charge in [0.05, 0.1) is 6.61 Å². The van der Waals surface area contributed by atoms with E-state index < -0.39 is 11.9 Å². The monoisotopic (exact) mass is 324 g/mol. The minimum atomic E-state index is -0.685. The predicted octanol–water partition coefficient (Wildman–Crippen LogP) is 5.08. The molecule has 132 valence electrons. The van der Waals surface area contributed by atoms with Gasteiger partial charge in [-0.15, -0.1) is 0 Å². The van der Waals surface area contributed by atoms with Crippen LogP contribution in [0.4, 0.5) is 0 Å². The van der Waals surface area contributed by atoms with Crippen LogP contribution < -0.4 is 0 Å². The normalized spacial score (nSPS) is 10.2. The van der Waals surface area contributed by atoms with Crippen LogP contribution in [0.2, 0.25) is 0 Å². The van der Waals surface area contributed by atoms with Gasteiger partial charge in [-0.25, -0.2) is 9.59 Å². The Labute approximate surface area is 140 Å². The van der Waals surface area contributed by atoms with Gasteiger partial charge in [0.1, 0.15) is 0 Å². The van der Waals surface area contributed by atoms with Crippen LogP contribution in [0, 0.1) is 0 Å². The van der Waals surface area contributed by atoms with Crippen molar-refractivity contribution in [2.45, 2.75) is 78.1 Å². The van der Waals surface area contributed by atoms with E-state index in [9.17, 15) is 9.59 Å². The van der Waals surface area contributed by atoms with Crippen molar-refractivity contribution in [3.63, 3.8) is 0 Å². The van der Waals surface area contributed by atoms with Gasteiger partial charge in [0.25, 0.3) is 0 Å². The average molecular weight is 324 g/mol. The lowest BCUT2D eigenvalue weighted by Gasteiger charge is -2.07. The zero-order valence-corrected chi connectivity index (χ0v) is 14.8. The molecule has 0 N–H and O–H groups in total. The molecule has 0 unspecified atom stereocenters. The van der Waals surface area contributed by atoms with E-state index >= 15 is 0 Å². The van der Waals surface area contributed by atoms with Crippen molar-refractivity contribution < 1.29 is 19.1 Å². The Kier molecular flexibility index (Phi) is 13.1. The molecule has 4 nitrogen and oxygen atoms in total. The summed E-state index contributed by atoms with van der Waals surface area (Å²) in [5.41, 5.74) is 0.216. The maximum atomic E-state index is 11.5. The number of rotatable bonds is 14. The third-order valence-electron chi connectivity index (χ3n) is 3.52. The number of hydrogen-bond acceptors (Lipinski definition) is 4. The quantitative estimate of drug-likeness (QED) is 0.193. The number of carbonyl (C=O) groups excluding carboxylic acids is 2. The summed E-state index contributed by atoms with van der Waals surface area (Å²) in [6.45, 7) is 10.9. The lowest BCUT2D eigenvalue weighted by Crippen LogP contribution is -2.14. The van der Waals surface area contributed by atoms with Gasteiger partial charge in [-0.05, 0) is 19.9 Å². The summed E-state index contributed by atoms with van der Waals surface area (Å²) in [6, 6.07) is 0. The number of hydrogen-bond donors (Lipinski definition) is 0. The summed E-state index contributed by atoms with van der Waals surface area (Å²) < 4.78 is 9.73. The second-order valence-corrected chi connectivity index (χ2v) is 5.91. The van der Waals surface area contributed by atoms with Crippen molar-refractivity contribution in [1.29, 1.82) is 0 Å². The SMILES string of the molecule is C=C(C)C(=O)OC(=C)C(=O)OCCCCCCCCCCCC. The van der Waals surface area contributed by atoms with Gasteiger partial charge in [-0.1, -0.05) is 71.3 Å². The average Bonchev–Trinajstić information content (AvgIpc) is 2.52. The lowest BCUT2D eigenvalue weighted by molar-refractivity contribution is -0.149. The Morgan fingerprint density at radius 3 is 1.74 bits per heavy atom. The molecular weight excluding hydrogens is 292 g/mol. The van der Waals surface area contributed by atoms with Gasteiger partial charge < -0.3 is 9.47 Å². The number of unbranched alkanes of at least 4 members (excludes halogenated alkanes) is 9. The first-order chi connectivity index (χ1) is 11.0. The molecule has 0 aliphatic rings. The Hall–Kier alpha value is -1.58. The molecule has 0 heterocycles. The highest BCUT2D eigenvalue weighted by Gasteiger charge is 2.14. The molecule has 0 radical (unpaired) electrons. The molecule has 0 amide bonds. The molecule has 0 aliphatic heterocycles. The molecule has 0 aromatic carbocycles. The van der Waals surface area contributed by atoms with E-state index in [0.29, 0.717) is 6.61 Å². The molecule has 0 aliphatic carbocycles. The Balaban J connectivity index is 3.47. The maximum absolute atomic E-state index is 11.5. The van der Waals surface area contributed by atoms with Crippen molar-refractivity contribution in [3.05, 3.63) is 24.5 Å². The predicted molar refractivity (Wildman–Crippen MR) is 92.8 cm³/mol. The van der Waals surface area contributed by atoms with E-state index in [1.165, 1.54) is 51.9 Å². The van der Waals surface area contributed by atoms with Crippen molar-refractivity contribution in [2.24, 2.45) is 0 Å². The minimum Gasteiger partial charge on any atom is -0.460 e. The van der Waals surface area contributed by atoms with Gasteiger partial charge >= 0.3 is 11.9 Å². The maximum Gasteiger partial charge on any atom is 0.373 e. The zero-order valence-electron chi connectivity index (χ0n) is 14.8. The summed E-state index contributed by atoms with van der Waals surface area (Å²) in [5, 5.41) is 0. The standard InChI is InChI=1S/C19H32O4/c1-5-6-7-8-9-10-11-12-13-14-15-22-19(21)17(4)23-18(20)16(2)3/h2,4-15H2,1,3H3. The smallest absolute Gasteiger partial charge is 0.373 e. The minimum absolute atomic E-state index is 0.216. The first kappa shape index (κ1) is 21.4. The molecule has 0 aromatic heterocycles. The van der Waals surface area contributed by atoms with Crippen LogP contribution in [0.1, 0.15) is 78.1 Å². The van der Waals surface area contributed by atoms with E-state index in [0.717, 1.165) is 19.3 Å². The second kappa shape index (κ2) is 14.0. The van der Waals surface area contributed by atoms with Gasteiger partial charge in [-0.3, -0.25) is 0 Å². The highest BCUT2D eigenvalue weighted by atomic mass is 16.6. The summed E-state index contributed by atoms with van der Waals surface area (Å²) >= 11 is 0. The third kappa shape index (κ3) is 12.6. The van der Waals surface area contributed by atoms with Crippen LogP contribution in [0.5, 0.6) is 0 Å². The molecule has 0 spiro atoms. The molecule has 0 atom stereocenters.